The molecule has 0 radical (unpaired) electrons. The zero-order chi connectivity index (χ0) is 38.9. The molecule has 0 spiro atoms. The Bertz CT molecular complexity index is 3520. The highest BCUT2D eigenvalue weighted by molar-refractivity contribution is 6.15. The molecule has 0 aliphatic heterocycles. The molecule has 10 aromatic carbocycles. The van der Waals surface area contributed by atoms with Gasteiger partial charge in [-0.15, -0.1) is 0 Å². The van der Waals surface area contributed by atoms with Crippen LogP contribution in [0.15, 0.2) is 223 Å². The number of nitrogens with zero attached hydrogens (tertiary/aromatic N) is 2. The third-order valence-electron chi connectivity index (χ3n) is 12.0. The average Bonchev–Trinajstić information content (AvgIpc) is 3.85. The van der Waals surface area contributed by atoms with Crippen molar-refractivity contribution in [1.82, 2.24) is 4.57 Å². The predicted octanol–water partition coefficient (Wildman–Crippen LogP) is 15.8. The van der Waals surface area contributed by atoms with Crippen molar-refractivity contribution >= 4 is 82.4 Å². The van der Waals surface area contributed by atoms with Gasteiger partial charge in [0.25, 0.3) is 0 Å². The lowest BCUT2D eigenvalue weighted by atomic mass is 9.98. The number of hydrogen-bond donors (Lipinski definition) is 0. The Morgan fingerprint density at radius 2 is 0.932 bits per heavy atom. The van der Waals surface area contributed by atoms with Crippen molar-refractivity contribution in [3.8, 4) is 27.9 Å². The predicted molar refractivity (Wildman–Crippen MR) is 249 cm³/mol. The molecule has 0 unspecified atom stereocenters. The summed E-state index contributed by atoms with van der Waals surface area (Å²) in [5.74, 6) is 0. The van der Waals surface area contributed by atoms with Crippen LogP contribution in [0.4, 0.5) is 17.1 Å². The number of rotatable bonds is 6. The maximum atomic E-state index is 6.33. The molecule has 0 saturated carbocycles. The first-order valence-electron chi connectivity index (χ1n) is 20.2. The molecule has 0 bridgehead atoms. The zero-order valence-electron chi connectivity index (χ0n) is 32.1. The Labute approximate surface area is 341 Å². The molecular formula is C56H36N2O. The van der Waals surface area contributed by atoms with E-state index in [-0.39, 0.29) is 0 Å². The molecule has 0 amide bonds. The van der Waals surface area contributed by atoms with Crippen LogP contribution in [-0.4, -0.2) is 4.57 Å². The summed E-state index contributed by atoms with van der Waals surface area (Å²) in [6, 6.07) is 78.8. The largest absolute Gasteiger partial charge is 0.456 e. The first-order valence-corrected chi connectivity index (χ1v) is 20.2. The maximum Gasteiger partial charge on any atom is 0.136 e. The van der Waals surface area contributed by atoms with Crippen LogP contribution >= 0.6 is 0 Å². The van der Waals surface area contributed by atoms with Crippen LogP contribution < -0.4 is 4.90 Å². The zero-order valence-corrected chi connectivity index (χ0v) is 32.1. The molecule has 12 aromatic rings. The summed E-state index contributed by atoms with van der Waals surface area (Å²) in [6.07, 6.45) is 0. The van der Waals surface area contributed by atoms with Gasteiger partial charge in [0.1, 0.15) is 11.2 Å². The average molecular weight is 753 g/mol. The Kier molecular flexibility index (Phi) is 7.54. The van der Waals surface area contributed by atoms with Crippen LogP contribution in [0.5, 0.6) is 0 Å². The fourth-order valence-corrected chi connectivity index (χ4v) is 9.26. The van der Waals surface area contributed by atoms with Gasteiger partial charge in [-0.25, -0.2) is 0 Å². The second-order valence-electron chi connectivity index (χ2n) is 15.3. The van der Waals surface area contributed by atoms with Crippen molar-refractivity contribution in [2.24, 2.45) is 0 Å². The van der Waals surface area contributed by atoms with Gasteiger partial charge in [0.15, 0.2) is 0 Å². The molecule has 2 aromatic heterocycles. The molecule has 0 fully saturated rings. The van der Waals surface area contributed by atoms with Crippen LogP contribution in [0.2, 0.25) is 0 Å². The van der Waals surface area contributed by atoms with Crippen LogP contribution in [0.1, 0.15) is 0 Å². The van der Waals surface area contributed by atoms with Crippen molar-refractivity contribution in [3.63, 3.8) is 0 Å². The number of para-hydroxylation sites is 4. The molecule has 2 heterocycles. The summed E-state index contributed by atoms with van der Waals surface area (Å²) < 4.78 is 8.74. The lowest BCUT2D eigenvalue weighted by molar-refractivity contribution is 0.669. The van der Waals surface area contributed by atoms with Gasteiger partial charge in [-0.05, 0) is 99.6 Å². The summed E-state index contributed by atoms with van der Waals surface area (Å²) in [6.45, 7) is 0. The molecule has 0 N–H and O–H groups in total. The SMILES string of the molecule is c1cc(-c2ccc3c(c2)oc2ccccc23)cc(N(c2ccc(-c3ccccc3-n3c4ccccc4c4ccccc43)cc2)c2cc3ccccc3c3ccccc23)c1. The van der Waals surface area contributed by atoms with E-state index in [1.807, 2.05) is 12.1 Å². The number of anilines is 3. The topological polar surface area (TPSA) is 21.3 Å². The van der Waals surface area contributed by atoms with Gasteiger partial charge in [-0.1, -0.05) is 152 Å². The second kappa shape index (κ2) is 13.4. The standard InChI is InChI=1S/C56H36N2O/c1-2-17-43-40(14-1)35-54(46-20-4-3-19-45(43)46)57(42-16-13-15-38(34-42)39-30-33-50-49-23-8-12-27-55(49)59-56(50)36-39)41-31-28-37(29-32-41)44-18-5-9-24-51(44)58-52-25-10-6-21-47(52)48-22-7-11-26-53(48)58/h1-36H. The lowest BCUT2D eigenvalue weighted by Gasteiger charge is -2.28. The Hall–Kier alpha value is -7.88. The minimum absolute atomic E-state index is 0.892. The van der Waals surface area contributed by atoms with Gasteiger partial charge in [0.05, 0.1) is 22.4 Å². The lowest BCUT2D eigenvalue weighted by Crippen LogP contribution is -2.11. The van der Waals surface area contributed by atoms with Crippen LogP contribution in [-0.2, 0) is 0 Å². The molecule has 0 aliphatic rings. The van der Waals surface area contributed by atoms with E-state index < -0.39 is 0 Å². The van der Waals surface area contributed by atoms with E-state index in [2.05, 4.69) is 216 Å². The van der Waals surface area contributed by atoms with E-state index in [0.717, 1.165) is 61.4 Å². The summed E-state index contributed by atoms with van der Waals surface area (Å²) in [5.41, 5.74) is 13.2. The number of fused-ring (bicyclic) bond motifs is 9. The number of hydrogen-bond acceptors (Lipinski definition) is 2. The van der Waals surface area contributed by atoms with Crippen LogP contribution in [0, 0.1) is 0 Å². The first-order chi connectivity index (χ1) is 29.3. The van der Waals surface area contributed by atoms with Crippen molar-refractivity contribution in [2.45, 2.75) is 0 Å². The third kappa shape index (κ3) is 5.36. The smallest absolute Gasteiger partial charge is 0.136 e. The van der Waals surface area contributed by atoms with Crippen LogP contribution in [0.25, 0.3) is 93.2 Å². The highest BCUT2D eigenvalue weighted by atomic mass is 16.3. The molecule has 59 heavy (non-hydrogen) atoms. The van der Waals surface area contributed by atoms with E-state index in [0.29, 0.717) is 0 Å². The quantitative estimate of drug-likeness (QED) is 0.158. The fourth-order valence-electron chi connectivity index (χ4n) is 9.26. The van der Waals surface area contributed by atoms with E-state index in [1.54, 1.807) is 0 Å². The molecule has 0 aliphatic carbocycles. The van der Waals surface area contributed by atoms with Crippen molar-refractivity contribution < 1.29 is 4.42 Å². The maximum absolute atomic E-state index is 6.33. The Balaban J connectivity index is 1.03. The normalized spacial score (nSPS) is 11.7. The van der Waals surface area contributed by atoms with Crippen molar-refractivity contribution in [2.75, 3.05) is 4.90 Å². The summed E-state index contributed by atoms with van der Waals surface area (Å²) in [7, 11) is 0. The number of furan rings is 1. The molecular weight excluding hydrogens is 717 g/mol. The molecule has 276 valence electrons. The third-order valence-corrected chi connectivity index (χ3v) is 12.0. The van der Waals surface area contributed by atoms with Crippen molar-refractivity contribution in [3.05, 3.63) is 218 Å². The van der Waals surface area contributed by atoms with E-state index in [4.69, 9.17) is 4.42 Å². The fraction of sp³-hybridized carbons (Fsp3) is 0. The van der Waals surface area contributed by atoms with E-state index >= 15 is 0 Å². The Morgan fingerprint density at radius 3 is 1.73 bits per heavy atom. The second-order valence-corrected chi connectivity index (χ2v) is 15.3. The molecule has 3 heteroatoms. The first kappa shape index (κ1) is 33.3. The van der Waals surface area contributed by atoms with Gasteiger partial charge < -0.3 is 13.9 Å². The van der Waals surface area contributed by atoms with Gasteiger partial charge in [-0.3, -0.25) is 0 Å². The molecule has 12 rings (SSSR count). The van der Waals surface area contributed by atoms with Gasteiger partial charge >= 0.3 is 0 Å². The number of benzene rings is 10. The Morgan fingerprint density at radius 1 is 0.339 bits per heavy atom. The van der Waals surface area contributed by atoms with Crippen LogP contribution in [0.3, 0.4) is 0 Å². The molecule has 3 nitrogen and oxygen atoms in total. The number of aromatic nitrogens is 1. The van der Waals surface area contributed by atoms with Gasteiger partial charge in [-0.2, -0.15) is 0 Å². The monoisotopic (exact) mass is 752 g/mol. The highest BCUT2D eigenvalue weighted by Gasteiger charge is 2.20. The van der Waals surface area contributed by atoms with Gasteiger partial charge in [0, 0.05) is 43.9 Å². The molecule has 0 saturated heterocycles. The van der Waals surface area contributed by atoms with Crippen molar-refractivity contribution in [1.29, 1.82) is 0 Å². The van der Waals surface area contributed by atoms with Gasteiger partial charge in [0.2, 0.25) is 0 Å². The van der Waals surface area contributed by atoms with E-state index in [9.17, 15) is 0 Å². The van der Waals surface area contributed by atoms with E-state index in [1.165, 1.54) is 48.9 Å². The minimum atomic E-state index is 0.892. The summed E-state index contributed by atoms with van der Waals surface area (Å²) in [4.78, 5) is 2.42. The highest BCUT2D eigenvalue weighted by Crippen LogP contribution is 2.44. The molecule has 0 atom stereocenters. The summed E-state index contributed by atoms with van der Waals surface area (Å²) in [5, 5.41) is 9.65. The summed E-state index contributed by atoms with van der Waals surface area (Å²) >= 11 is 0. The minimum Gasteiger partial charge on any atom is -0.456 e.